The average molecular weight is 370 g/mol. The number of piperidine rings is 1. The monoisotopic (exact) mass is 370 g/mol. The SMILES string of the molecule is O=C(CCC(=O)N1CCC([C@@H](O)c2ccccn2)CC1)c1ccc(F)cc1. The van der Waals surface area contributed by atoms with Crippen molar-refractivity contribution < 1.29 is 19.1 Å². The first-order valence-corrected chi connectivity index (χ1v) is 9.20. The average Bonchev–Trinajstić information content (AvgIpc) is 2.72. The molecule has 1 atom stereocenters. The lowest BCUT2D eigenvalue weighted by molar-refractivity contribution is -0.133. The van der Waals surface area contributed by atoms with Gasteiger partial charge in [-0.25, -0.2) is 4.39 Å². The molecule has 0 unspecified atom stereocenters. The Balaban J connectivity index is 1.46. The predicted octanol–water partition coefficient (Wildman–Crippen LogP) is 3.16. The van der Waals surface area contributed by atoms with Crippen LogP contribution in [-0.2, 0) is 4.79 Å². The molecule has 27 heavy (non-hydrogen) atoms. The highest BCUT2D eigenvalue weighted by Crippen LogP contribution is 2.29. The van der Waals surface area contributed by atoms with Gasteiger partial charge in [0.05, 0.1) is 11.8 Å². The number of carbonyl (C=O) groups excluding carboxylic acids is 2. The minimum Gasteiger partial charge on any atom is -0.387 e. The number of nitrogens with zero attached hydrogens (tertiary/aromatic N) is 2. The van der Waals surface area contributed by atoms with Crippen molar-refractivity contribution in [3.63, 3.8) is 0 Å². The standard InChI is InChI=1S/C21H23FN2O3/c22-17-6-4-15(5-7-17)19(25)8-9-20(26)24-13-10-16(11-14-24)21(27)18-3-1-2-12-23-18/h1-7,12,16,21,27H,8-11,13-14H2/t21-/m1/s1. The fourth-order valence-corrected chi connectivity index (χ4v) is 3.42. The van der Waals surface area contributed by atoms with Crippen LogP contribution in [0.1, 0.15) is 47.8 Å². The molecule has 6 heteroatoms. The Morgan fingerprint density at radius 2 is 1.81 bits per heavy atom. The smallest absolute Gasteiger partial charge is 0.223 e. The van der Waals surface area contributed by atoms with E-state index >= 15 is 0 Å². The van der Waals surface area contributed by atoms with E-state index in [0.717, 1.165) is 0 Å². The number of amides is 1. The zero-order chi connectivity index (χ0) is 19.2. The Morgan fingerprint density at radius 3 is 2.44 bits per heavy atom. The summed E-state index contributed by atoms with van der Waals surface area (Å²) in [5.74, 6) is -0.539. The number of hydrogen-bond donors (Lipinski definition) is 1. The summed E-state index contributed by atoms with van der Waals surface area (Å²) in [6, 6.07) is 10.8. The van der Waals surface area contributed by atoms with Crippen LogP contribution in [0.4, 0.5) is 4.39 Å². The van der Waals surface area contributed by atoms with Crippen molar-refractivity contribution in [3.8, 4) is 0 Å². The number of rotatable bonds is 6. The molecular formula is C21H23FN2O3. The van der Waals surface area contributed by atoms with Crippen LogP contribution in [0.25, 0.3) is 0 Å². The number of aromatic nitrogens is 1. The lowest BCUT2D eigenvalue weighted by Gasteiger charge is -2.34. The first-order valence-electron chi connectivity index (χ1n) is 9.20. The van der Waals surface area contributed by atoms with E-state index in [1.165, 1.54) is 24.3 Å². The second-order valence-electron chi connectivity index (χ2n) is 6.85. The fraction of sp³-hybridized carbons (Fsp3) is 0.381. The molecule has 1 amide bonds. The summed E-state index contributed by atoms with van der Waals surface area (Å²) >= 11 is 0. The number of aliphatic hydroxyl groups excluding tert-OH is 1. The van der Waals surface area contributed by atoms with Crippen molar-refractivity contribution in [1.82, 2.24) is 9.88 Å². The first kappa shape index (κ1) is 19.2. The van der Waals surface area contributed by atoms with Crippen molar-refractivity contribution in [1.29, 1.82) is 0 Å². The highest BCUT2D eigenvalue weighted by molar-refractivity contribution is 5.97. The van der Waals surface area contributed by atoms with Gasteiger partial charge in [0.25, 0.3) is 0 Å². The van der Waals surface area contributed by atoms with Crippen LogP contribution in [0.3, 0.4) is 0 Å². The van der Waals surface area contributed by atoms with Crippen molar-refractivity contribution >= 4 is 11.7 Å². The van der Waals surface area contributed by atoms with Gasteiger partial charge in [-0.1, -0.05) is 6.07 Å². The molecule has 1 saturated heterocycles. The molecule has 0 bridgehead atoms. The zero-order valence-corrected chi connectivity index (χ0v) is 15.1. The molecule has 0 saturated carbocycles. The third-order valence-corrected chi connectivity index (χ3v) is 5.06. The maximum absolute atomic E-state index is 12.9. The molecule has 1 aliphatic heterocycles. The molecule has 3 rings (SSSR count). The summed E-state index contributed by atoms with van der Waals surface area (Å²) < 4.78 is 12.9. The summed E-state index contributed by atoms with van der Waals surface area (Å²) in [5, 5.41) is 10.5. The third kappa shape index (κ3) is 4.98. The lowest BCUT2D eigenvalue weighted by atomic mass is 9.89. The number of likely N-dealkylation sites (tertiary alicyclic amines) is 1. The number of Topliss-reactive ketones (excluding diaryl/α,β-unsaturated/α-hetero) is 1. The van der Waals surface area contributed by atoms with Crippen LogP contribution in [0.2, 0.25) is 0 Å². The molecule has 2 aromatic rings. The fourth-order valence-electron chi connectivity index (χ4n) is 3.42. The number of halogens is 1. The van der Waals surface area contributed by atoms with Gasteiger partial charge in [-0.05, 0) is 55.2 Å². The summed E-state index contributed by atoms with van der Waals surface area (Å²) in [5.41, 5.74) is 1.08. The summed E-state index contributed by atoms with van der Waals surface area (Å²) in [6.45, 7) is 1.14. The number of benzene rings is 1. The van der Waals surface area contributed by atoms with E-state index in [0.29, 0.717) is 37.2 Å². The minimum atomic E-state index is -0.622. The molecule has 0 spiro atoms. The topological polar surface area (TPSA) is 70.5 Å². The number of carbonyl (C=O) groups is 2. The molecule has 0 aliphatic carbocycles. The molecule has 1 fully saturated rings. The zero-order valence-electron chi connectivity index (χ0n) is 15.1. The van der Waals surface area contributed by atoms with Gasteiger partial charge in [-0.15, -0.1) is 0 Å². The molecule has 142 valence electrons. The van der Waals surface area contributed by atoms with Gasteiger partial charge in [-0.2, -0.15) is 0 Å². The van der Waals surface area contributed by atoms with Gasteiger partial charge in [-0.3, -0.25) is 14.6 Å². The van der Waals surface area contributed by atoms with E-state index in [-0.39, 0.29) is 30.4 Å². The largest absolute Gasteiger partial charge is 0.387 e. The number of pyridine rings is 1. The maximum Gasteiger partial charge on any atom is 0.223 e. The quantitative estimate of drug-likeness (QED) is 0.793. The Bertz CT molecular complexity index is 772. The molecule has 1 N–H and O–H groups in total. The van der Waals surface area contributed by atoms with Crippen LogP contribution in [-0.4, -0.2) is 39.8 Å². The normalized spacial score (nSPS) is 16.1. The van der Waals surface area contributed by atoms with Crippen molar-refractivity contribution in [2.24, 2.45) is 5.92 Å². The molecule has 2 heterocycles. The molecule has 5 nitrogen and oxygen atoms in total. The Labute approximate surface area is 157 Å². The lowest BCUT2D eigenvalue weighted by Crippen LogP contribution is -2.40. The molecule has 1 aliphatic rings. The van der Waals surface area contributed by atoms with Crippen LogP contribution in [0.15, 0.2) is 48.7 Å². The van der Waals surface area contributed by atoms with E-state index in [4.69, 9.17) is 0 Å². The van der Waals surface area contributed by atoms with Gasteiger partial charge in [0.2, 0.25) is 5.91 Å². The van der Waals surface area contributed by atoms with Gasteiger partial charge in [0.1, 0.15) is 5.82 Å². The van der Waals surface area contributed by atoms with Crippen molar-refractivity contribution in [2.75, 3.05) is 13.1 Å². The van der Waals surface area contributed by atoms with Crippen LogP contribution >= 0.6 is 0 Å². The van der Waals surface area contributed by atoms with Gasteiger partial charge in [0, 0.05) is 37.7 Å². The Hall–Kier alpha value is -2.60. The van der Waals surface area contributed by atoms with E-state index in [2.05, 4.69) is 4.98 Å². The van der Waals surface area contributed by atoms with Crippen LogP contribution in [0.5, 0.6) is 0 Å². The Kier molecular flexibility index (Phi) is 6.29. The molecule has 0 radical (unpaired) electrons. The van der Waals surface area contributed by atoms with Gasteiger partial charge < -0.3 is 10.0 Å². The summed E-state index contributed by atoms with van der Waals surface area (Å²) in [7, 11) is 0. The summed E-state index contributed by atoms with van der Waals surface area (Å²) in [4.78, 5) is 30.4. The van der Waals surface area contributed by atoms with Gasteiger partial charge >= 0.3 is 0 Å². The Morgan fingerprint density at radius 1 is 1.11 bits per heavy atom. The number of ketones is 1. The minimum absolute atomic E-state index is 0.0590. The second-order valence-corrected chi connectivity index (χ2v) is 6.85. The van der Waals surface area contributed by atoms with Crippen LogP contribution in [0, 0.1) is 11.7 Å². The highest BCUT2D eigenvalue weighted by Gasteiger charge is 2.28. The van der Waals surface area contributed by atoms with Gasteiger partial charge in [0.15, 0.2) is 5.78 Å². The first-order chi connectivity index (χ1) is 13.0. The highest BCUT2D eigenvalue weighted by atomic mass is 19.1. The van der Waals surface area contributed by atoms with E-state index in [9.17, 15) is 19.1 Å². The molecular weight excluding hydrogens is 347 g/mol. The summed E-state index contributed by atoms with van der Waals surface area (Å²) in [6.07, 6.45) is 2.70. The predicted molar refractivity (Wildman–Crippen MR) is 98.5 cm³/mol. The van der Waals surface area contributed by atoms with Crippen molar-refractivity contribution in [2.45, 2.75) is 31.8 Å². The van der Waals surface area contributed by atoms with E-state index < -0.39 is 11.9 Å². The maximum atomic E-state index is 12.9. The van der Waals surface area contributed by atoms with E-state index in [1.54, 1.807) is 11.1 Å². The second kappa shape index (κ2) is 8.86. The van der Waals surface area contributed by atoms with E-state index in [1.807, 2.05) is 18.2 Å². The number of hydrogen-bond acceptors (Lipinski definition) is 4. The van der Waals surface area contributed by atoms with Crippen LogP contribution < -0.4 is 0 Å². The molecule has 1 aromatic heterocycles. The number of aliphatic hydroxyl groups is 1. The molecule has 1 aromatic carbocycles. The third-order valence-electron chi connectivity index (χ3n) is 5.06. The van der Waals surface area contributed by atoms with Crippen molar-refractivity contribution in [3.05, 3.63) is 65.7 Å².